The number of fused-ring (bicyclic) bond motifs is 1. The van der Waals surface area contributed by atoms with Crippen LogP contribution in [-0.4, -0.2) is 27.5 Å². The SMILES string of the molecule is CCCCCCCCCCOC(=O)c1ccc(Nc2nccc(Nc3ccc(F)cc3-c3c[nH]c4ccccc34)n2)cc1. The van der Waals surface area contributed by atoms with Crippen molar-refractivity contribution < 1.29 is 13.9 Å². The van der Waals surface area contributed by atoms with Crippen LogP contribution in [0.3, 0.4) is 0 Å². The lowest BCUT2D eigenvalue weighted by Gasteiger charge is -2.13. The molecule has 0 aliphatic rings. The fourth-order valence-electron chi connectivity index (χ4n) is 5.07. The summed E-state index contributed by atoms with van der Waals surface area (Å²) in [7, 11) is 0. The van der Waals surface area contributed by atoms with Crippen LogP contribution in [0, 0.1) is 5.82 Å². The minimum Gasteiger partial charge on any atom is -0.462 e. The topological polar surface area (TPSA) is 91.9 Å². The number of para-hydroxylation sites is 1. The van der Waals surface area contributed by atoms with Crippen LogP contribution in [0.15, 0.2) is 85.2 Å². The molecule has 0 saturated carbocycles. The molecule has 8 heteroatoms. The number of hydrogen-bond acceptors (Lipinski definition) is 6. The zero-order valence-electron chi connectivity index (χ0n) is 24.5. The molecule has 5 rings (SSSR count). The minimum absolute atomic E-state index is 0.317. The number of unbranched alkanes of at least 4 members (excludes halogenated alkanes) is 7. The second kappa shape index (κ2) is 15.0. The van der Waals surface area contributed by atoms with Crippen molar-refractivity contribution in [2.75, 3.05) is 17.2 Å². The minimum atomic E-state index is -0.323. The molecule has 0 bridgehead atoms. The van der Waals surface area contributed by atoms with Gasteiger partial charge in [0.05, 0.1) is 12.2 Å². The highest BCUT2D eigenvalue weighted by atomic mass is 19.1. The molecule has 0 unspecified atom stereocenters. The third-order valence-corrected chi connectivity index (χ3v) is 7.39. The number of nitrogens with zero attached hydrogens (tertiary/aromatic N) is 2. The highest BCUT2D eigenvalue weighted by molar-refractivity contribution is 5.99. The lowest BCUT2D eigenvalue weighted by Crippen LogP contribution is -2.06. The first kappa shape index (κ1) is 29.8. The van der Waals surface area contributed by atoms with E-state index < -0.39 is 0 Å². The van der Waals surface area contributed by atoms with Crippen molar-refractivity contribution in [3.63, 3.8) is 0 Å². The number of carbonyl (C=O) groups is 1. The number of halogens is 1. The summed E-state index contributed by atoms with van der Waals surface area (Å²) in [5.74, 6) is 0.288. The molecule has 0 atom stereocenters. The van der Waals surface area contributed by atoms with Crippen molar-refractivity contribution in [1.82, 2.24) is 15.0 Å². The highest BCUT2D eigenvalue weighted by Gasteiger charge is 2.13. The molecular formula is C35H38FN5O2. The molecule has 3 aromatic carbocycles. The van der Waals surface area contributed by atoms with Gasteiger partial charge in [-0.2, -0.15) is 4.98 Å². The first-order valence-electron chi connectivity index (χ1n) is 15.1. The number of esters is 1. The fourth-order valence-corrected chi connectivity index (χ4v) is 5.07. The quantitative estimate of drug-likeness (QED) is 0.0845. The number of ether oxygens (including phenoxy) is 1. The van der Waals surface area contributed by atoms with Gasteiger partial charge in [-0.05, 0) is 61.0 Å². The zero-order chi connectivity index (χ0) is 29.9. The number of rotatable bonds is 15. The summed E-state index contributed by atoms with van der Waals surface area (Å²) in [6.07, 6.45) is 13.1. The molecule has 2 heterocycles. The van der Waals surface area contributed by atoms with Gasteiger partial charge in [0.25, 0.3) is 0 Å². The second-order valence-electron chi connectivity index (χ2n) is 10.6. The third kappa shape index (κ3) is 8.19. The van der Waals surface area contributed by atoms with E-state index in [9.17, 15) is 9.18 Å². The summed E-state index contributed by atoms with van der Waals surface area (Å²) in [5.41, 5.74) is 4.53. The Hall–Kier alpha value is -4.72. The number of anilines is 4. The molecule has 222 valence electrons. The Morgan fingerprint density at radius 1 is 0.860 bits per heavy atom. The number of benzene rings is 3. The predicted molar refractivity (Wildman–Crippen MR) is 172 cm³/mol. The van der Waals surface area contributed by atoms with Gasteiger partial charge < -0.3 is 20.4 Å². The molecular weight excluding hydrogens is 541 g/mol. The Balaban J connectivity index is 1.16. The van der Waals surface area contributed by atoms with Gasteiger partial charge in [0.2, 0.25) is 5.95 Å². The summed E-state index contributed by atoms with van der Waals surface area (Å²) in [5, 5.41) is 7.49. The lowest BCUT2D eigenvalue weighted by molar-refractivity contribution is 0.0497. The lowest BCUT2D eigenvalue weighted by atomic mass is 10.0. The van der Waals surface area contributed by atoms with Crippen molar-refractivity contribution >= 4 is 40.0 Å². The van der Waals surface area contributed by atoms with Gasteiger partial charge in [0, 0.05) is 45.8 Å². The maximum atomic E-state index is 14.3. The van der Waals surface area contributed by atoms with Crippen molar-refractivity contribution in [3.05, 3.63) is 96.6 Å². The second-order valence-corrected chi connectivity index (χ2v) is 10.6. The Morgan fingerprint density at radius 3 is 2.44 bits per heavy atom. The van der Waals surface area contributed by atoms with Crippen LogP contribution in [0.1, 0.15) is 68.6 Å². The molecule has 7 nitrogen and oxygen atoms in total. The molecule has 0 aliphatic heterocycles. The van der Waals surface area contributed by atoms with Crippen LogP contribution in [0.2, 0.25) is 0 Å². The first-order valence-corrected chi connectivity index (χ1v) is 15.1. The van der Waals surface area contributed by atoms with Gasteiger partial charge in [-0.1, -0.05) is 70.1 Å². The number of nitrogens with one attached hydrogen (secondary N) is 3. The number of aromatic nitrogens is 3. The Morgan fingerprint density at radius 2 is 1.63 bits per heavy atom. The molecule has 0 radical (unpaired) electrons. The average molecular weight is 580 g/mol. The van der Waals surface area contributed by atoms with Crippen molar-refractivity contribution in [2.45, 2.75) is 58.3 Å². The van der Waals surface area contributed by atoms with Gasteiger partial charge in [-0.3, -0.25) is 0 Å². The van der Waals surface area contributed by atoms with Crippen molar-refractivity contribution in [3.8, 4) is 11.1 Å². The maximum Gasteiger partial charge on any atom is 0.338 e. The van der Waals surface area contributed by atoms with Crippen LogP contribution in [0.5, 0.6) is 0 Å². The Kier molecular flexibility index (Phi) is 10.4. The summed E-state index contributed by atoms with van der Waals surface area (Å²) in [6.45, 7) is 2.67. The fraction of sp³-hybridized carbons (Fsp3) is 0.286. The van der Waals surface area contributed by atoms with Crippen LogP contribution in [0.25, 0.3) is 22.0 Å². The van der Waals surface area contributed by atoms with Gasteiger partial charge in [0.1, 0.15) is 11.6 Å². The standard InChI is InChI=1S/C35H38FN5O2/c1-2-3-4-5-6-7-8-11-22-43-34(42)25-14-17-27(18-15-25)39-35-37-21-20-33(41-35)40-32-19-16-26(36)23-29(32)30-24-38-31-13-10-9-12-28(30)31/h9-10,12-21,23-24,38H,2-8,11,22H2,1H3,(H2,37,39,40,41). The molecule has 2 aromatic heterocycles. The summed E-state index contributed by atoms with van der Waals surface area (Å²) < 4.78 is 19.8. The summed E-state index contributed by atoms with van der Waals surface area (Å²) in [6, 6.07) is 21.3. The molecule has 0 saturated heterocycles. The molecule has 0 aliphatic carbocycles. The van der Waals surface area contributed by atoms with Gasteiger partial charge in [0.15, 0.2) is 0 Å². The average Bonchev–Trinajstić information content (AvgIpc) is 3.46. The van der Waals surface area contributed by atoms with E-state index in [0.29, 0.717) is 29.6 Å². The van der Waals surface area contributed by atoms with E-state index >= 15 is 0 Å². The Bertz CT molecular complexity index is 1630. The molecule has 0 fully saturated rings. The van der Waals surface area contributed by atoms with Crippen molar-refractivity contribution in [1.29, 1.82) is 0 Å². The Labute approximate surface area is 251 Å². The first-order chi connectivity index (χ1) is 21.1. The number of carbonyl (C=O) groups excluding carboxylic acids is 1. The number of H-pyrrole nitrogens is 1. The monoisotopic (exact) mass is 579 g/mol. The van der Waals surface area contributed by atoms with E-state index in [2.05, 4.69) is 32.5 Å². The molecule has 0 amide bonds. The predicted octanol–water partition coefficient (Wildman–Crippen LogP) is 9.55. The van der Waals surface area contributed by atoms with Gasteiger partial charge in [-0.25, -0.2) is 14.2 Å². The van der Waals surface area contributed by atoms with E-state index in [1.807, 2.05) is 30.5 Å². The van der Waals surface area contributed by atoms with Crippen molar-refractivity contribution in [2.24, 2.45) is 0 Å². The van der Waals surface area contributed by atoms with E-state index in [0.717, 1.165) is 40.6 Å². The highest BCUT2D eigenvalue weighted by Crippen LogP contribution is 2.35. The molecule has 43 heavy (non-hydrogen) atoms. The van der Waals surface area contributed by atoms with E-state index in [-0.39, 0.29) is 11.8 Å². The maximum absolute atomic E-state index is 14.3. The smallest absolute Gasteiger partial charge is 0.338 e. The zero-order valence-corrected chi connectivity index (χ0v) is 24.5. The van der Waals surface area contributed by atoms with E-state index in [1.165, 1.54) is 50.7 Å². The van der Waals surface area contributed by atoms with E-state index in [4.69, 9.17) is 4.74 Å². The van der Waals surface area contributed by atoms with E-state index in [1.54, 1.807) is 42.6 Å². The van der Waals surface area contributed by atoms with Crippen LogP contribution in [0.4, 0.5) is 27.5 Å². The summed E-state index contributed by atoms with van der Waals surface area (Å²) in [4.78, 5) is 24.6. The number of aromatic amines is 1. The van der Waals surface area contributed by atoms with Crippen LogP contribution < -0.4 is 10.6 Å². The largest absolute Gasteiger partial charge is 0.462 e. The number of hydrogen-bond donors (Lipinski definition) is 3. The van der Waals surface area contributed by atoms with Crippen LogP contribution >= 0.6 is 0 Å². The van der Waals surface area contributed by atoms with Gasteiger partial charge >= 0.3 is 5.97 Å². The molecule has 3 N–H and O–H groups in total. The summed E-state index contributed by atoms with van der Waals surface area (Å²) >= 11 is 0. The molecule has 5 aromatic rings. The molecule has 0 spiro atoms. The normalized spacial score (nSPS) is 11.0. The van der Waals surface area contributed by atoms with Gasteiger partial charge in [-0.15, -0.1) is 0 Å². The van der Waals surface area contributed by atoms with Crippen LogP contribution in [-0.2, 0) is 4.74 Å². The third-order valence-electron chi connectivity index (χ3n) is 7.39.